The number of halogens is 2. The van der Waals surface area contributed by atoms with E-state index < -0.39 is 0 Å². The maximum atomic E-state index is 13.5. The Bertz CT molecular complexity index is 1010. The Kier molecular flexibility index (Phi) is 6.62. The lowest BCUT2D eigenvalue weighted by molar-refractivity contribution is -0.117. The quantitative estimate of drug-likeness (QED) is 0.640. The highest BCUT2D eigenvalue weighted by Gasteiger charge is 2.27. The van der Waals surface area contributed by atoms with Crippen molar-refractivity contribution in [2.24, 2.45) is 7.05 Å². The number of carbonyl (C=O) groups is 1. The van der Waals surface area contributed by atoms with Gasteiger partial charge in [-0.1, -0.05) is 24.3 Å². The first kappa shape index (κ1) is 22.1. The topological polar surface area (TPSA) is 53.4 Å². The molecule has 8 heteroatoms. The van der Waals surface area contributed by atoms with Gasteiger partial charge in [0, 0.05) is 39.3 Å². The molecule has 1 fully saturated rings. The van der Waals surface area contributed by atoms with Gasteiger partial charge in [-0.2, -0.15) is 5.10 Å². The molecule has 1 amide bonds. The lowest BCUT2D eigenvalue weighted by Crippen LogP contribution is -2.49. The Labute approximate surface area is 186 Å². The third-order valence-electron chi connectivity index (χ3n) is 5.78. The molecule has 0 atom stereocenters. The van der Waals surface area contributed by atoms with Crippen LogP contribution in [0.3, 0.4) is 0 Å². The number of aryl methyl sites for hydroxylation is 2. The van der Waals surface area contributed by atoms with Gasteiger partial charge in [0.2, 0.25) is 5.91 Å². The van der Waals surface area contributed by atoms with Gasteiger partial charge in [-0.25, -0.2) is 8.78 Å². The van der Waals surface area contributed by atoms with Crippen LogP contribution in [0.4, 0.5) is 14.6 Å². The molecule has 4 rings (SSSR count). The van der Waals surface area contributed by atoms with Crippen LogP contribution in [0.5, 0.6) is 0 Å². The Morgan fingerprint density at radius 2 is 1.50 bits per heavy atom. The van der Waals surface area contributed by atoms with E-state index in [0.717, 1.165) is 43.0 Å². The molecule has 2 aromatic carbocycles. The first-order valence-corrected chi connectivity index (χ1v) is 10.7. The van der Waals surface area contributed by atoms with Gasteiger partial charge in [-0.15, -0.1) is 0 Å². The summed E-state index contributed by atoms with van der Waals surface area (Å²) in [7, 11) is 1.80. The van der Waals surface area contributed by atoms with Gasteiger partial charge in [0.1, 0.15) is 17.5 Å². The van der Waals surface area contributed by atoms with Crippen molar-refractivity contribution in [1.82, 2.24) is 19.6 Å². The summed E-state index contributed by atoms with van der Waals surface area (Å²) >= 11 is 0. The van der Waals surface area contributed by atoms with Crippen LogP contribution in [-0.4, -0.2) is 58.2 Å². The fourth-order valence-electron chi connectivity index (χ4n) is 4.20. The molecule has 32 heavy (non-hydrogen) atoms. The number of rotatable bonds is 6. The van der Waals surface area contributed by atoms with Gasteiger partial charge in [0.15, 0.2) is 0 Å². The average Bonchev–Trinajstić information content (AvgIpc) is 3.08. The molecule has 0 radical (unpaired) electrons. The Morgan fingerprint density at radius 1 is 0.969 bits per heavy atom. The minimum absolute atomic E-state index is 0.0740. The highest BCUT2D eigenvalue weighted by atomic mass is 19.1. The number of benzene rings is 2. The molecule has 168 valence electrons. The van der Waals surface area contributed by atoms with Crippen LogP contribution < -0.4 is 5.32 Å². The molecular formula is C24H27F2N5O. The van der Waals surface area contributed by atoms with Crippen molar-refractivity contribution >= 4 is 11.7 Å². The SMILES string of the molecule is Cc1cc(NC(=O)CN2CCN(C(c3ccc(F)cc3)c3ccc(F)cc3)CC2)n(C)n1. The molecule has 0 aliphatic carbocycles. The number of anilines is 1. The number of aromatic nitrogens is 2. The van der Waals surface area contributed by atoms with E-state index in [9.17, 15) is 13.6 Å². The summed E-state index contributed by atoms with van der Waals surface area (Å²) < 4.78 is 28.6. The first-order chi connectivity index (χ1) is 15.4. The van der Waals surface area contributed by atoms with Crippen molar-refractivity contribution < 1.29 is 13.6 Å². The summed E-state index contributed by atoms with van der Waals surface area (Å²) in [5.74, 6) is 0.0333. The second kappa shape index (κ2) is 9.58. The summed E-state index contributed by atoms with van der Waals surface area (Å²) in [6.45, 7) is 5.09. The maximum Gasteiger partial charge on any atom is 0.239 e. The summed E-state index contributed by atoms with van der Waals surface area (Å²) in [4.78, 5) is 16.9. The Morgan fingerprint density at radius 3 is 1.97 bits per heavy atom. The number of hydrogen-bond donors (Lipinski definition) is 1. The number of nitrogens with one attached hydrogen (secondary N) is 1. The summed E-state index contributed by atoms with van der Waals surface area (Å²) in [5, 5.41) is 7.15. The standard InChI is InChI=1S/C24H27F2N5O/c1-17-15-22(29(2)28-17)27-23(32)16-30-11-13-31(14-12-30)24(18-3-7-20(25)8-4-18)19-5-9-21(26)10-6-19/h3-10,15,24H,11-14,16H2,1-2H3,(H,27,32). The average molecular weight is 440 g/mol. The van der Waals surface area contributed by atoms with Gasteiger partial charge in [-0.3, -0.25) is 19.3 Å². The molecule has 1 N–H and O–H groups in total. The normalized spacial score (nSPS) is 15.3. The number of hydrogen-bond acceptors (Lipinski definition) is 4. The van der Waals surface area contributed by atoms with E-state index in [1.165, 1.54) is 24.3 Å². The van der Waals surface area contributed by atoms with E-state index in [4.69, 9.17) is 0 Å². The largest absolute Gasteiger partial charge is 0.310 e. The van der Waals surface area contributed by atoms with Crippen molar-refractivity contribution in [3.63, 3.8) is 0 Å². The van der Waals surface area contributed by atoms with E-state index in [0.29, 0.717) is 12.4 Å². The zero-order valence-corrected chi connectivity index (χ0v) is 18.3. The van der Waals surface area contributed by atoms with Crippen LogP contribution in [0.15, 0.2) is 54.6 Å². The van der Waals surface area contributed by atoms with E-state index in [2.05, 4.69) is 20.2 Å². The summed E-state index contributed by atoms with van der Waals surface area (Å²) in [5.41, 5.74) is 2.76. The zero-order valence-electron chi connectivity index (χ0n) is 18.3. The van der Waals surface area contributed by atoms with Gasteiger partial charge in [0.25, 0.3) is 0 Å². The first-order valence-electron chi connectivity index (χ1n) is 10.7. The summed E-state index contributed by atoms with van der Waals surface area (Å²) in [6.07, 6.45) is 0. The number of piperazine rings is 1. The highest BCUT2D eigenvalue weighted by Crippen LogP contribution is 2.30. The van der Waals surface area contributed by atoms with Crippen LogP contribution >= 0.6 is 0 Å². The maximum absolute atomic E-state index is 13.5. The zero-order chi connectivity index (χ0) is 22.7. The minimum atomic E-state index is -0.286. The number of carbonyl (C=O) groups excluding carboxylic acids is 1. The lowest BCUT2D eigenvalue weighted by atomic mass is 9.96. The molecular weight excluding hydrogens is 412 g/mol. The molecule has 3 aromatic rings. The van der Waals surface area contributed by atoms with Gasteiger partial charge in [-0.05, 0) is 42.3 Å². The minimum Gasteiger partial charge on any atom is -0.310 e. The van der Waals surface area contributed by atoms with E-state index in [1.807, 2.05) is 13.0 Å². The molecule has 0 saturated carbocycles. The molecule has 1 aromatic heterocycles. The molecule has 1 aliphatic rings. The van der Waals surface area contributed by atoms with Crippen LogP contribution in [-0.2, 0) is 11.8 Å². The van der Waals surface area contributed by atoms with E-state index in [1.54, 1.807) is 36.0 Å². The molecule has 1 saturated heterocycles. The third kappa shape index (κ3) is 5.20. The van der Waals surface area contributed by atoms with Gasteiger partial charge < -0.3 is 5.32 Å². The fourth-order valence-corrected chi connectivity index (χ4v) is 4.20. The van der Waals surface area contributed by atoms with Crippen molar-refractivity contribution in [2.45, 2.75) is 13.0 Å². The Hall–Kier alpha value is -3.10. The van der Waals surface area contributed by atoms with Gasteiger partial charge >= 0.3 is 0 Å². The van der Waals surface area contributed by atoms with Gasteiger partial charge in [0.05, 0.1) is 18.3 Å². The third-order valence-corrected chi connectivity index (χ3v) is 5.78. The van der Waals surface area contributed by atoms with Crippen molar-refractivity contribution in [1.29, 1.82) is 0 Å². The smallest absolute Gasteiger partial charge is 0.239 e. The van der Waals surface area contributed by atoms with Crippen LogP contribution in [0.1, 0.15) is 22.9 Å². The lowest BCUT2D eigenvalue weighted by Gasteiger charge is -2.39. The van der Waals surface area contributed by atoms with Crippen LogP contribution in [0.25, 0.3) is 0 Å². The second-order valence-corrected chi connectivity index (χ2v) is 8.16. The molecule has 1 aliphatic heterocycles. The van der Waals surface area contributed by atoms with Crippen molar-refractivity contribution in [3.05, 3.63) is 83.1 Å². The second-order valence-electron chi connectivity index (χ2n) is 8.16. The molecule has 0 spiro atoms. The number of amides is 1. The fraction of sp³-hybridized carbons (Fsp3) is 0.333. The molecule has 0 unspecified atom stereocenters. The van der Waals surface area contributed by atoms with E-state index >= 15 is 0 Å². The highest BCUT2D eigenvalue weighted by molar-refractivity contribution is 5.91. The molecule has 0 bridgehead atoms. The van der Waals surface area contributed by atoms with Crippen LogP contribution in [0, 0.1) is 18.6 Å². The predicted octanol–water partition coefficient (Wildman–Crippen LogP) is 3.35. The predicted molar refractivity (Wildman–Crippen MR) is 119 cm³/mol. The monoisotopic (exact) mass is 439 g/mol. The Balaban J connectivity index is 1.41. The number of nitrogens with zero attached hydrogens (tertiary/aromatic N) is 4. The van der Waals surface area contributed by atoms with Crippen LogP contribution in [0.2, 0.25) is 0 Å². The van der Waals surface area contributed by atoms with E-state index in [-0.39, 0.29) is 23.6 Å². The van der Waals surface area contributed by atoms with Crippen molar-refractivity contribution in [2.75, 3.05) is 38.0 Å². The van der Waals surface area contributed by atoms with Crippen molar-refractivity contribution in [3.8, 4) is 0 Å². The summed E-state index contributed by atoms with van der Waals surface area (Å²) in [6, 6.07) is 14.6. The molecule has 2 heterocycles. The molecule has 6 nitrogen and oxygen atoms in total.